The zero-order chi connectivity index (χ0) is 15.2. The topological polar surface area (TPSA) is 38.3 Å². The summed E-state index contributed by atoms with van der Waals surface area (Å²) in [6, 6.07) is 15.4. The summed E-state index contributed by atoms with van der Waals surface area (Å²) in [7, 11) is 0. The number of hydrogen-bond donors (Lipinski definition) is 1. The first-order chi connectivity index (χ1) is 10.1. The molecule has 0 fully saturated rings. The van der Waals surface area contributed by atoms with E-state index < -0.39 is 6.10 Å². The number of para-hydroxylation sites is 1. The van der Waals surface area contributed by atoms with E-state index >= 15 is 0 Å². The second kappa shape index (κ2) is 6.93. The summed E-state index contributed by atoms with van der Waals surface area (Å²) in [5, 5.41) is 2.93. The zero-order valence-electron chi connectivity index (χ0n) is 12.7. The lowest BCUT2D eigenvalue weighted by Crippen LogP contribution is -2.32. The Labute approximate surface area is 126 Å². The number of ether oxygens (including phenoxy) is 1. The number of nitrogens with one attached hydrogen (secondary N) is 1. The van der Waals surface area contributed by atoms with Gasteiger partial charge in [-0.3, -0.25) is 4.79 Å². The molecule has 0 aromatic heterocycles. The molecule has 1 N–H and O–H groups in total. The number of hydrogen-bond acceptors (Lipinski definition) is 2. The van der Waals surface area contributed by atoms with E-state index in [0.717, 1.165) is 16.8 Å². The van der Waals surface area contributed by atoms with Gasteiger partial charge in [0.15, 0.2) is 6.10 Å². The van der Waals surface area contributed by atoms with Crippen molar-refractivity contribution in [2.24, 2.45) is 0 Å². The standard InChI is InChI=1S/C18H21NO2/c1-4-17(21-16-8-6-5-7-9-16)18(20)19-15-11-13(2)10-14(3)12-15/h5-12,17H,4H2,1-3H3,(H,19,20)/t17-/m1/s1. The molecule has 0 heterocycles. The van der Waals surface area contributed by atoms with E-state index in [9.17, 15) is 4.79 Å². The van der Waals surface area contributed by atoms with Crippen LogP contribution in [0, 0.1) is 13.8 Å². The predicted octanol–water partition coefficient (Wildman–Crippen LogP) is 4.10. The number of benzene rings is 2. The molecular formula is C18H21NO2. The highest BCUT2D eigenvalue weighted by atomic mass is 16.5. The Morgan fingerprint density at radius 1 is 1.10 bits per heavy atom. The first kappa shape index (κ1) is 15.1. The third-order valence-corrected chi connectivity index (χ3v) is 3.17. The minimum atomic E-state index is -0.492. The minimum Gasteiger partial charge on any atom is -0.481 e. The molecule has 0 spiro atoms. The van der Waals surface area contributed by atoms with Crippen LogP contribution in [0.5, 0.6) is 5.75 Å². The average molecular weight is 283 g/mol. The smallest absolute Gasteiger partial charge is 0.265 e. The molecule has 0 saturated carbocycles. The molecule has 0 aliphatic carbocycles. The van der Waals surface area contributed by atoms with Crippen LogP contribution >= 0.6 is 0 Å². The van der Waals surface area contributed by atoms with Crippen molar-refractivity contribution in [3.8, 4) is 5.75 Å². The van der Waals surface area contributed by atoms with Gasteiger partial charge >= 0.3 is 0 Å². The Balaban J connectivity index is 2.06. The Bertz CT molecular complexity index is 588. The predicted molar refractivity (Wildman–Crippen MR) is 85.7 cm³/mol. The fourth-order valence-electron chi connectivity index (χ4n) is 2.26. The van der Waals surface area contributed by atoms with Gasteiger partial charge < -0.3 is 10.1 Å². The molecule has 2 rings (SSSR count). The molecule has 0 radical (unpaired) electrons. The van der Waals surface area contributed by atoms with Crippen molar-refractivity contribution >= 4 is 11.6 Å². The van der Waals surface area contributed by atoms with Gasteiger partial charge in [-0.25, -0.2) is 0 Å². The highest BCUT2D eigenvalue weighted by Crippen LogP contribution is 2.17. The number of carbonyl (C=O) groups is 1. The first-order valence-corrected chi connectivity index (χ1v) is 7.19. The molecule has 110 valence electrons. The Kier molecular flexibility index (Phi) is 4.99. The third-order valence-electron chi connectivity index (χ3n) is 3.17. The van der Waals surface area contributed by atoms with Gasteiger partial charge in [-0.05, 0) is 55.7 Å². The Morgan fingerprint density at radius 2 is 1.71 bits per heavy atom. The van der Waals surface area contributed by atoms with E-state index in [1.165, 1.54) is 0 Å². The highest BCUT2D eigenvalue weighted by Gasteiger charge is 2.18. The van der Waals surface area contributed by atoms with E-state index in [1.807, 2.05) is 63.2 Å². The van der Waals surface area contributed by atoms with Crippen molar-refractivity contribution in [1.82, 2.24) is 0 Å². The maximum absolute atomic E-state index is 12.3. The van der Waals surface area contributed by atoms with Gasteiger partial charge in [-0.2, -0.15) is 0 Å². The second-order valence-corrected chi connectivity index (χ2v) is 5.19. The molecule has 0 aliphatic rings. The van der Waals surface area contributed by atoms with E-state index in [2.05, 4.69) is 11.4 Å². The van der Waals surface area contributed by atoms with Crippen LogP contribution in [0.3, 0.4) is 0 Å². The van der Waals surface area contributed by atoms with Crippen LogP contribution in [-0.4, -0.2) is 12.0 Å². The van der Waals surface area contributed by atoms with Crippen molar-refractivity contribution < 1.29 is 9.53 Å². The quantitative estimate of drug-likeness (QED) is 0.897. The number of carbonyl (C=O) groups excluding carboxylic acids is 1. The maximum atomic E-state index is 12.3. The normalized spacial score (nSPS) is 11.8. The molecule has 0 bridgehead atoms. The third kappa shape index (κ3) is 4.35. The highest BCUT2D eigenvalue weighted by molar-refractivity contribution is 5.94. The summed E-state index contributed by atoms with van der Waals surface area (Å²) in [6.45, 7) is 5.97. The lowest BCUT2D eigenvalue weighted by atomic mass is 10.1. The SMILES string of the molecule is CC[C@@H](Oc1ccccc1)C(=O)Nc1cc(C)cc(C)c1. The molecule has 2 aromatic rings. The van der Waals surface area contributed by atoms with Crippen LogP contribution < -0.4 is 10.1 Å². The minimum absolute atomic E-state index is 0.119. The van der Waals surface area contributed by atoms with Gasteiger partial charge in [0.05, 0.1) is 0 Å². The van der Waals surface area contributed by atoms with E-state index in [4.69, 9.17) is 4.74 Å². The number of anilines is 1. The molecule has 3 nitrogen and oxygen atoms in total. The Morgan fingerprint density at radius 3 is 2.29 bits per heavy atom. The molecule has 1 atom stereocenters. The van der Waals surface area contributed by atoms with Crippen molar-refractivity contribution in [3.63, 3.8) is 0 Å². The summed E-state index contributed by atoms with van der Waals surface area (Å²) in [6.07, 6.45) is 0.124. The molecule has 0 unspecified atom stereocenters. The zero-order valence-corrected chi connectivity index (χ0v) is 12.7. The monoisotopic (exact) mass is 283 g/mol. The number of rotatable bonds is 5. The Hall–Kier alpha value is -2.29. The maximum Gasteiger partial charge on any atom is 0.265 e. The summed E-state index contributed by atoms with van der Waals surface area (Å²) >= 11 is 0. The summed E-state index contributed by atoms with van der Waals surface area (Å²) in [5.41, 5.74) is 3.07. The van der Waals surface area contributed by atoms with E-state index in [1.54, 1.807) is 0 Å². The van der Waals surface area contributed by atoms with Crippen LogP contribution in [-0.2, 0) is 4.79 Å². The van der Waals surface area contributed by atoms with E-state index in [0.29, 0.717) is 12.2 Å². The van der Waals surface area contributed by atoms with Gasteiger partial charge in [0.1, 0.15) is 5.75 Å². The van der Waals surface area contributed by atoms with Crippen LogP contribution in [0.15, 0.2) is 48.5 Å². The van der Waals surface area contributed by atoms with Gasteiger partial charge in [0.25, 0.3) is 5.91 Å². The molecular weight excluding hydrogens is 262 g/mol. The second-order valence-electron chi connectivity index (χ2n) is 5.19. The van der Waals surface area contributed by atoms with Crippen molar-refractivity contribution in [2.75, 3.05) is 5.32 Å². The lowest BCUT2D eigenvalue weighted by molar-refractivity contribution is -0.122. The van der Waals surface area contributed by atoms with Crippen LogP contribution in [0.2, 0.25) is 0 Å². The van der Waals surface area contributed by atoms with Crippen LogP contribution in [0.4, 0.5) is 5.69 Å². The van der Waals surface area contributed by atoms with E-state index in [-0.39, 0.29) is 5.91 Å². The lowest BCUT2D eigenvalue weighted by Gasteiger charge is -2.17. The summed E-state index contributed by atoms with van der Waals surface area (Å²) in [5.74, 6) is 0.589. The molecule has 0 aliphatic heterocycles. The summed E-state index contributed by atoms with van der Waals surface area (Å²) in [4.78, 5) is 12.3. The fraction of sp³-hybridized carbons (Fsp3) is 0.278. The van der Waals surface area contributed by atoms with Crippen molar-refractivity contribution in [3.05, 3.63) is 59.7 Å². The fourth-order valence-corrected chi connectivity index (χ4v) is 2.26. The van der Waals surface area contributed by atoms with Gasteiger partial charge in [0.2, 0.25) is 0 Å². The average Bonchev–Trinajstić information content (AvgIpc) is 2.44. The van der Waals surface area contributed by atoms with Crippen molar-refractivity contribution in [1.29, 1.82) is 0 Å². The molecule has 3 heteroatoms. The van der Waals surface area contributed by atoms with Gasteiger partial charge in [0, 0.05) is 5.69 Å². The van der Waals surface area contributed by atoms with Crippen molar-refractivity contribution in [2.45, 2.75) is 33.3 Å². The molecule has 2 aromatic carbocycles. The molecule has 1 amide bonds. The molecule has 0 saturated heterocycles. The molecule has 21 heavy (non-hydrogen) atoms. The summed E-state index contributed by atoms with van der Waals surface area (Å²) < 4.78 is 5.75. The van der Waals surface area contributed by atoms with Gasteiger partial charge in [-0.15, -0.1) is 0 Å². The first-order valence-electron chi connectivity index (χ1n) is 7.19. The largest absolute Gasteiger partial charge is 0.481 e. The van der Waals surface area contributed by atoms with Gasteiger partial charge in [-0.1, -0.05) is 31.2 Å². The number of amides is 1. The number of aryl methyl sites for hydroxylation is 2. The van der Waals surface area contributed by atoms with Crippen LogP contribution in [0.1, 0.15) is 24.5 Å². The van der Waals surface area contributed by atoms with Crippen LogP contribution in [0.25, 0.3) is 0 Å².